The molecule has 0 radical (unpaired) electrons. The molecular formula is C11H14O3. The van der Waals surface area contributed by atoms with Gasteiger partial charge in [-0.25, -0.2) is 0 Å². The molecule has 1 aromatic rings. The molecule has 3 heteroatoms. The van der Waals surface area contributed by atoms with Crippen molar-refractivity contribution in [1.29, 1.82) is 0 Å². The molecule has 0 spiro atoms. The molecule has 1 aromatic carbocycles. The van der Waals surface area contributed by atoms with E-state index in [0.29, 0.717) is 6.61 Å². The van der Waals surface area contributed by atoms with Crippen molar-refractivity contribution in [2.45, 2.75) is 19.6 Å². The predicted octanol–water partition coefficient (Wildman–Crippen LogP) is 1.76. The SMILES string of the molecule is C[C@@H](C=O)OCOCc1ccccc1. The molecule has 0 aliphatic heterocycles. The summed E-state index contributed by atoms with van der Waals surface area (Å²) in [5, 5.41) is 0. The Balaban J connectivity index is 2.13. The topological polar surface area (TPSA) is 35.5 Å². The van der Waals surface area contributed by atoms with Gasteiger partial charge in [0, 0.05) is 0 Å². The van der Waals surface area contributed by atoms with Crippen LogP contribution in [-0.2, 0) is 20.9 Å². The maximum atomic E-state index is 10.2. The number of rotatable bonds is 6. The minimum absolute atomic E-state index is 0.148. The molecule has 76 valence electrons. The van der Waals surface area contributed by atoms with Gasteiger partial charge in [0.05, 0.1) is 6.61 Å². The van der Waals surface area contributed by atoms with Crippen LogP contribution < -0.4 is 0 Å². The van der Waals surface area contributed by atoms with Crippen molar-refractivity contribution in [2.24, 2.45) is 0 Å². The van der Waals surface area contributed by atoms with Crippen LogP contribution in [0.1, 0.15) is 12.5 Å². The number of benzene rings is 1. The van der Waals surface area contributed by atoms with Crippen molar-refractivity contribution >= 4 is 6.29 Å². The van der Waals surface area contributed by atoms with E-state index in [0.717, 1.165) is 11.8 Å². The first-order chi connectivity index (χ1) is 6.83. The summed E-state index contributed by atoms with van der Waals surface area (Å²) < 4.78 is 10.2. The van der Waals surface area contributed by atoms with Crippen LogP contribution in [0.5, 0.6) is 0 Å². The van der Waals surface area contributed by atoms with Crippen molar-refractivity contribution < 1.29 is 14.3 Å². The zero-order valence-corrected chi connectivity index (χ0v) is 8.18. The van der Waals surface area contributed by atoms with E-state index in [1.54, 1.807) is 6.92 Å². The molecule has 0 saturated heterocycles. The average Bonchev–Trinajstić information content (AvgIpc) is 2.25. The molecule has 0 aromatic heterocycles. The molecule has 3 nitrogen and oxygen atoms in total. The number of ether oxygens (including phenoxy) is 2. The van der Waals surface area contributed by atoms with Crippen LogP contribution in [0.25, 0.3) is 0 Å². The van der Waals surface area contributed by atoms with Crippen molar-refractivity contribution in [3.8, 4) is 0 Å². The van der Waals surface area contributed by atoms with E-state index < -0.39 is 6.10 Å². The number of hydrogen-bond acceptors (Lipinski definition) is 3. The number of aldehydes is 1. The van der Waals surface area contributed by atoms with Crippen LogP contribution in [0, 0.1) is 0 Å². The van der Waals surface area contributed by atoms with Crippen LogP contribution in [0.3, 0.4) is 0 Å². The minimum atomic E-state index is -0.397. The summed E-state index contributed by atoms with van der Waals surface area (Å²) in [6.07, 6.45) is 0.345. The van der Waals surface area contributed by atoms with E-state index in [4.69, 9.17) is 9.47 Å². The van der Waals surface area contributed by atoms with Crippen molar-refractivity contribution in [2.75, 3.05) is 6.79 Å². The molecule has 0 unspecified atom stereocenters. The molecule has 0 amide bonds. The summed E-state index contributed by atoms with van der Waals surface area (Å²) in [6.45, 7) is 2.33. The summed E-state index contributed by atoms with van der Waals surface area (Å²) in [5.74, 6) is 0. The van der Waals surface area contributed by atoms with Crippen LogP contribution in [0.2, 0.25) is 0 Å². The first kappa shape index (κ1) is 10.9. The molecule has 0 N–H and O–H groups in total. The fourth-order valence-electron chi connectivity index (χ4n) is 0.928. The Morgan fingerprint density at radius 3 is 2.71 bits per heavy atom. The number of hydrogen-bond donors (Lipinski definition) is 0. The third-order valence-corrected chi connectivity index (χ3v) is 1.72. The van der Waals surface area contributed by atoms with Crippen molar-refractivity contribution in [3.05, 3.63) is 35.9 Å². The lowest BCUT2D eigenvalue weighted by Gasteiger charge is -2.07. The largest absolute Gasteiger partial charge is 0.351 e. The van der Waals surface area contributed by atoms with Crippen molar-refractivity contribution in [1.82, 2.24) is 0 Å². The van der Waals surface area contributed by atoms with Gasteiger partial charge in [-0.1, -0.05) is 30.3 Å². The third kappa shape index (κ3) is 4.16. The quantitative estimate of drug-likeness (QED) is 0.393. The van der Waals surface area contributed by atoms with Gasteiger partial charge in [0.2, 0.25) is 0 Å². The van der Waals surface area contributed by atoms with Crippen LogP contribution in [0.4, 0.5) is 0 Å². The maximum absolute atomic E-state index is 10.2. The average molecular weight is 194 g/mol. The van der Waals surface area contributed by atoms with E-state index in [9.17, 15) is 4.79 Å². The van der Waals surface area contributed by atoms with Gasteiger partial charge in [-0.3, -0.25) is 0 Å². The highest BCUT2D eigenvalue weighted by atomic mass is 16.7. The second-order valence-corrected chi connectivity index (χ2v) is 2.96. The van der Waals surface area contributed by atoms with Gasteiger partial charge in [-0.15, -0.1) is 0 Å². The summed E-state index contributed by atoms with van der Waals surface area (Å²) in [7, 11) is 0. The van der Waals surface area contributed by atoms with Crippen molar-refractivity contribution in [3.63, 3.8) is 0 Å². The highest BCUT2D eigenvalue weighted by Gasteiger charge is 1.97. The summed E-state index contributed by atoms with van der Waals surface area (Å²) in [4.78, 5) is 10.2. The van der Waals surface area contributed by atoms with E-state index in [1.165, 1.54) is 0 Å². The van der Waals surface area contributed by atoms with E-state index >= 15 is 0 Å². The third-order valence-electron chi connectivity index (χ3n) is 1.72. The summed E-state index contributed by atoms with van der Waals surface area (Å²) >= 11 is 0. The molecule has 0 aliphatic rings. The molecule has 0 saturated carbocycles. The van der Waals surface area contributed by atoms with Crippen LogP contribution in [0.15, 0.2) is 30.3 Å². The predicted molar refractivity (Wildman–Crippen MR) is 52.7 cm³/mol. The van der Waals surface area contributed by atoms with Gasteiger partial charge in [0.25, 0.3) is 0 Å². The van der Waals surface area contributed by atoms with Gasteiger partial charge in [0.1, 0.15) is 19.2 Å². The second kappa shape index (κ2) is 6.29. The number of carbonyl (C=O) groups is 1. The molecule has 14 heavy (non-hydrogen) atoms. The smallest absolute Gasteiger partial charge is 0.148 e. The molecule has 0 bridgehead atoms. The Morgan fingerprint density at radius 1 is 1.36 bits per heavy atom. The van der Waals surface area contributed by atoms with Gasteiger partial charge >= 0.3 is 0 Å². The molecule has 1 rings (SSSR count). The Morgan fingerprint density at radius 2 is 2.07 bits per heavy atom. The fourth-order valence-corrected chi connectivity index (χ4v) is 0.928. The molecular weight excluding hydrogens is 180 g/mol. The Hall–Kier alpha value is -1.19. The highest BCUT2D eigenvalue weighted by Crippen LogP contribution is 2.00. The first-order valence-electron chi connectivity index (χ1n) is 4.51. The Bertz CT molecular complexity index is 258. The van der Waals surface area contributed by atoms with Gasteiger partial charge in [-0.05, 0) is 12.5 Å². The normalized spacial score (nSPS) is 12.4. The number of carbonyl (C=O) groups excluding carboxylic acids is 1. The monoisotopic (exact) mass is 194 g/mol. The van der Waals surface area contributed by atoms with E-state index in [2.05, 4.69) is 0 Å². The summed E-state index contributed by atoms with van der Waals surface area (Å²) in [5.41, 5.74) is 1.09. The first-order valence-corrected chi connectivity index (χ1v) is 4.51. The lowest BCUT2D eigenvalue weighted by atomic mass is 10.2. The Kier molecular flexibility index (Phi) is 4.89. The second-order valence-electron chi connectivity index (χ2n) is 2.96. The van der Waals surface area contributed by atoms with E-state index in [1.807, 2.05) is 30.3 Å². The van der Waals surface area contributed by atoms with Gasteiger partial charge in [0.15, 0.2) is 0 Å². The zero-order chi connectivity index (χ0) is 10.2. The van der Waals surface area contributed by atoms with Crippen LogP contribution in [-0.4, -0.2) is 19.2 Å². The molecule has 1 atom stereocenters. The molecule has 0 aliphatic carbocycles. The maximum Gasteiger partial charge on any atom is 0.148 e. The zero-order valence-electron chi connectivity index (χ0n) is 8.18. The lowest BCUT2D eigenvalue weighted by molar-refractivity contribution is -0.129. The Labute approximate surface area is 83.6 Å². The molecule has 0 heterocycles. The fraction of sp³-hybridized carbons (Fsp3) is 0.364. The van der Waals surface area contributed by atoms with E-state index in [-0.39, 0.29) is 6.79 Å². The highest BCUT2D eigenvalue weighted by molar-refractivity contribution is 5.54. The van der Waals surface area contributed by atoms with Crippen LogP contribution >= 0.6 is 0 Å². The van der Waals surface area contributed by atoms with Gasteiger partial charge in [-0.2, -0.15) is 0 Å². The summed E-state index contributed by atoms with van der Waals surface area (Å²) in [6, 6.07) is 9.81. The lowest BCUT2D eigenvalue weighted by Crippen LogP contribution is -2.12. The minimum Gasteiger partial charge on any atom is -0.351 e. The molecule has 0 fully saturated rings. The van der Waals surface area contributed by atoms with Gasteiger partial charge < -0.3 is 14.3 Å². The standard InChI is InChI=1S/C11H14O3/c1-10(7-12)14-9-13-8-11-5-3-2-4-6-11/h2-7,10H,8-9H2,1H3/t10-/m0/s1.